The van der Waals surface area contributed by atoms with E-state index >= 15 is 0 Å². The van der Waals surface area contributed by atoms with Crippen LogP contribution in [-0.2, 0) is 6.42 Å². The highest BCUT2D eigenvalue weighted by Crippen LogP contribution is 2.34. The van der Waals surface area contributed by atoms with E-state index in [2.05, 4.69) is 0 Å². The second kappa shape index (κ2) is 7.77. The summed E-state index contributed by atoms with van der Waals surface area (Å²) in [5.74, 6) is 1.20. The van der Waals surface area contributed by atoms with Gasteiger partial charge in [-0.15, -0.1) is 0 Å². The molecule has 0 aromatic heterocycles. The average Bonchev–Trinajstić information content (AvgIpc) is 2.32. The second-order valence-electron chi connectivity index (χ2n) is 3.61. The molecule has 0 heterocycles. The van der Waals surface area contributed by atoms with Crippen LogP contribution in [0.3, 0.4) is 0 Å². The molecule has 0 fully saturated rings. The molecule has 0 atom stereocenters. The van der Waals surface area contributed by atoms with Crippen molar-refractivity contribution in [2.75, 3.05) is 12.9 Å². The summed E-state index contributed by atoms with van der Waals surface area (Å²) in [4.78, 5) is 10.3. The lowest BCUT2D eigenvalue weighted by Crippen LogP contribution is -1.96. The highest BCUT2D eigenvalue weighted by molar-refractivity contribution is 8.13. The number of carbonyl (C=O) groups is 1. The summed E-state index contributed by atoms with van der Waals surface area (Å²) in [6.45, 7) is 0. The maximum Gasteiger partial charge on any atom is 0.364 e. The van der Waals surface area contributed by atoms with Crippen LogP contribution in [0.15, 0.2) is 12.1 Å². The van der Waals surface area contributed by atoms with E-state index in [9.17, 15) is 4.79 Å². The summed E-state index contributed by atoms with van der Waals surface area (Å²) in [6.07, 6.45) is 2.38. The van der Waals surface area contributed by atoms with E-state index in [-0.39, 0.29) is 0 Å². The quantitative estimate of drug-likeness (QED) is 0.771. The fourth-order valence-electron chi connectivity index (χ4n) is 1.59. The Morgan fingerprint density at radius 3 is 2.61 bits per heavy atom. The van der Waals surface area contributed by atoms with Crippen LogP contribution in [0, 0.1) is 0 Å². The number of hydrogen-bond acceptors (Lipinski definition) is 3. The molecule has 0 amide bonds. The van der Waals surface area contributed by atoms with E-state index in [0.717, 1.165) is 36.6 Å². The van der Waals surface area contributed by atoms with Crippen LogP contribution in [0.4, 0.5) is 4.79 Å². The van der Waals surface area contributed by atoms with Gasteiger partial charge in [0, 0.05) is 16.3 Å². The van der Waals surface area contributed by atoms with Gasteiger partial charge in [0.2, 0.25) is 0 Å². The number of unbranched alkanes of at least 4 members (excludes halogenated alkanes) is 1. The molecule has 0 saturated heterocycles. The number of carboxylic acid groups (broad SMARTS) is 1. The second-order valence-corrected chi connectivity index (χ2v) is 5.47. The van der Waals surface area contributed by atoms with Gasteiger partial charge >= 0.3 is 5.30 Å². The molecule has 0 saturated carbocycles. The standard InChI is InChI=1S/C12H14Cl2O3S/c1-17-11-8(9(13)5-6-10(11)14)4-2-3-7-18-12(15)16/h5-6H,2-4,7H2,1H3,(H,15,16). The summed E-state index contributed by atoms with van der Waals surface area (Å²) in [5.41, 5.74) is 0.881. The van der Waals surface area contributed by atoms with E-state index in [4.69, 9.17) is 33.0 Å². The maximum atomic E-state index is 10.3. The van der Waals surface area contributed by atoms with Crippen molar-refractivity contribution >= 4 is 40.3 Å². The first-order chi connectivity index (χ1) is 8.56. The van der Waals surface area contributed by atoms with Crippen LogP contribution in [0.2, 0.25) is 10.0 Å². The third-order valence-electron chi connectivity index (χ3n) is 2.41. The smallest absolute Gasteiger partial charge is 0.364 e. The van der Waals surface area contributed by atoms with Crippen LogP contribution in [0.1, 0.15) is 18.4 Å². The van der Waals surface area contributed by atoms with E-state index in [1.165, 1.54) is 0 Å². The molecule has 0 radical (unpaired) electrons. The molecule has 1 N–H and O–H groups in total. The summed E-state index contributed by atoms with van der Waals surface area (Å²) >= 11 is 13.0. The van der Waals surface area contributed by atoms with Crippen molar-refractivity contribution in [3.63, 3.8) is 0 Å². The molecule has 1 aromatic carbocycles. The summed E-state index contributed by atoms with van der Waals surface area (Å²) < 4.78 is 5.24. The summed E-state index contributed by atoms with van der Waals surface area (Å²) in [6, 6.07) is 3.44. The first-order valence-corrected chi connectivity index (χ1v) is 7.17. The van der Waals surface area contributed by atoms with Crippen LogP contribution >= 0.6 is 35.0 Å². The number of ether oxygens (including phenoxy) is 1. The lowest BCUT2D eigenvalue weighted by molar-refractivity contribution is 0.222. The molecule has 0 aliphatic heterocycles. The van der Waals surface area contributed by atoms with Gasteiger partial charge in [0.1, 0.15) is 5.75 Å². The van der Waals surface area contributed by atoms with Gasteiger partial charge in [0.15, 0.2) is 0 Å². The molecule has 100 valence electrons. The Kier molecular flexibility index (Phi) is 6.68. The average molecular weight is 309 g/mol. The minimum atomic E-state index is -0.839. The van der Waals surface area contributed by atoms with Crippen molar-refractivity contribution in [3.05, 3.63) is 27.7 Å². The Balaban J connectivity index is 2.56. The summed E-state index contributed by atoms with van der Waals surface area (Å²) in [5, 5.41) is 8.82. The van der Waals surface area contributed by atoms with Gasteiger partial charge < -0.3 is 9.84 Å². The number of halogens is 2. The predicted octanol–water partition coefficient (Wildman–Crippen LogP) is 4.74. The van der Waals surface area contributed by atoms with Crippen LogP contribution in [0.5, 0.6) is 5.75 Å². The van der Waals surface area contributed by atoms with E-state index in [1.54, 1.807) is 19.2 Å². The third kappa shape index (κ3) is 4.59. The number of benzene rings is 1. The Labute approximate surface area is 120 Å². The maximum absolute atomic E-state index is 10.3. The fourth-order valence-corrected chi connectivity index (χ4v) is 2.61. The molecule has 0 spiro atoms. The fraction of sp³-hybridized carbons (Fsp3) is 0.417. The van der Waals surface area contributed by atoms with Crippen molar-refractivity contribution < 1.29 is 14.6 Å². The molecular formula is C12H14Cl2O3S. The largest absolute Gasteiger partial charge is 0.495 e. The van der Waals surface area contributed by atoms with Crippen LogP contribution in [0.25, 0.3) is 0 Å². The molecule has 1 aromatic rings. The molecule has 3 nitrogen and oxygen atoms in total. The molecule has 1 rings (SSSR count). The van der Waals surface area contributed by atoms with Crippen molar-refractivity contribution in [2.24, 2.45) is 0 Å². The van der Waals surface area contributed by atoms with Crippen molar-refractivity contribution in [3.8, 4) is 5.75 Å². The molecule has 0 unspecified atom stereocenters. The Morgan fingerprint density at radius 2 is 2.00 bits per heavy atom. The van der Waals surface area contributed by atoms with Crippen molar-refractivity contribution in [2.45, 2.75) is 19.3 Å². The molecule has 6 heteroatoms. The van der Waals surface area contributed by atoms with Gasteiger partial charge in [-0.05, 0) is 43.2 Å². The van der Waals surface area contributed by atoms with Gasteiger partial charge in [0.05, 0.1) is 12.1 Å². The number of methoxy groups -OCH3 is 1. The lowest BCUT2D eigenvalue weighted by Gasteiger charge is -2.11. The van der Waals surface area contributed by atoms with E-state index in [0.29, 0.717) is 21.5 Å². The first-order valence-electron chi connectivity index (χ1n) is 5.43. The Bertz CT molecular complexity index is 424. The highest BCUT2D eigenvalue weighted by atomic mass is 35.5. The Hall–Kier alpha value is -0.580. The van der Waals surface area contributed by atoms with Gasteiger partial charge in [0.25, 0.3) is 0 Å². The number of hydrogen-bond donors (Lipinski definition) is 1. The van der Waals surface area contributed by atoms with E-state index < -0.39 is 5.30 Å². The topological polar surface area (TPSA) is 46.5 Å². The molecule has 0 bridgehead atoms. The predicted molar refractivity (Wildman–Crippen MR) is 76.4 cm³/mol. The molecule has 0 aliphatic rings. The number of rotatable bonds is 6. The van der Waals surface area contributed by atoms with Gasteiger partial charge in [-0.25, -0.2) is 4.79 Å². The van der Waals surface area contributed by atoms with Gasteiger partial charge in [-0.2, -0.15) is 0 Å². The first kappa shape index (κ1) is 15.5. The minimum Gasteiger partial charge on any atom is -0.495 e. The zero-order chi connectivity index (χ0) is 13.5. The van der Waals surface area contributed by atoms with E-state index in [1.807, 2.05) is 0 Å². The zero-order valence-electron chi connectivity index (χ0n) is 9.91. The molecular weight excluding hydrogens is 295 g/mol. The van der Waals surface area contributed by atoms with Crippen molar-refractivity contribution in [1.82, 2.24) is 0 Å². The minimum absolute atomic E-state index is 0.539. The highest BCUT2D eigenvalue weighted by Gasteiger charge is 2.11. The lowest BCUT2D eigenvalue weighted by atomic mass is 10.1. The van der Waals surface area contributed by atoms with Crippen LogP contribution < -0.4 is 4.74 Å². The zero-order valence-corrected chi connectivity index (χ0v) is 12.2. The Morgan fingerprint density at radius 1 is 1.33 bits per heavy atom. The summed E-state index contributed by atoms with van der Waals surface area (Å²) in [7, 11) is 1.56. The van der Waals surface area contributed by atoms with Gasteiger partial charge in [-0.3, -0.25) is 0 Å². The number of thioether (sulfide) groups is 1. The van der Waals surface area contributed by atoms with Crippen LogP contribution in [-0.4, -0.2) is 23.3 Å². The normalized spacial score (nSPS) is 10.4. The van der Waals surface area contributed by atoms with Gasteiger partial charge in [-0.1, -0.05) is 23.2 Å². The molecule has 0 aliphatic carbocycles. The monoisotopic (exact) mass is 308 g/mol. The van der Waals surface area contributed by atoms with Crippen molar-refractivity contribution in [1.29, 1.82) is 0 Å². The SMILES string of the molecule is COc1c(Cl)ccc(Cl)c1CCCCSC(=O)O. The molecule has 18 heavy (non-hydrogen) atoms. The third-order valence-corrected chi connectivity index (χ3v) is 3.80.